The van der Waals surface area contributed by atoms with Crippen molar-refractivity contribution in [1.82, 2.24) is 15.1 Å². The zero-order valence-electron chi connectivity index (χ0n) is 12.3. The largest absolute Gasteiger partial charge is 0.481 e. The first-order valence-electron chi connectivity index (χ1n) is 7.44. The van der Waals surface area contributed by atoms with Gasteiger partial charge in [0.2, 0.25) is 0 Å². The summed E-state index contributed by atoms with van der Waals surface area (Å²) in [6.45, 7) is 5.13. The van der Waals surface area contributed by atoms with Crippen molar-refractivity contribution in [3.05, 3.63) is 0 Å². The van der Waals surface area contributed by atoms with E-state index in [0.29, 0.717) is 25.4 Å². The van der Waals surface area contributed by atoms with Gasteiger partial charge in [-0.25, -0.2) is 4.79 Å². The quantitative estimate of drug-likeness (QED) is 0.787. The van der Waals surface area contributed by atoms with Crippen LogP contribution in [0, 0.1) is 11.8 Å². The Kier molecular flexibility index (Phi) is 4.86. The summed E-state index contributed by atoms with van der Waals surface area (Å²) in [6, 6.07) is 0.0984. The number of carbonyl (C=O) groups excluding carboxylic acids is 1. The molecule has 0 aromatic heterocycles. The van der Waals surface area contributed by atoms with Crippen molar-refractivity contribution >= 4 is 12.0 Å². The van der Waals surface area contributed by atoms with E-state index in [4.69, 9.17) is 5.11 Å². The molecule has 0 radical (unpaired) electrons. The molecule has 0 saturated carbocycles. The first-order valence-corrected chi connectivity index (χ1v) is 7.44. The normalized spacial score (nSPS) is 31.9. The molecule has 3 unspecified atom stereocenters. The molecule has 0 aliphatic carbocycles. The molecular weight excluding hydrogens is 258 g/mol. The summed E-state index contributed by atoms with van der Waals surface area (Å²) in [5, 5.41) is 12.2. The second-order valence-corrected chi connectivity index (χ2v) is 6.21. The second-order valence-electron chi connectivity index (χ2n) is 6.21. The monoisotopic (exact) mass is 283 g/mol. The summed E-state index contributed by atoms with van der Waals surface area (Å²) in [5.74, 6) is -0.780. The predicted octanol–water partition coefficient (Wildman–Crippen LogP) is 0.833. The minimum Gasteiger partial charge on any atom is -0.481 e. The molecule has 2 N–H and O–H groups in total. The lowest BCUT2D eigenvalue weighted by atomic mass is 9.94. The lowest BCUT2D eigenvalue weighted by Gasteiger charge is -2.37. The van der Waals surface area contributed by atoms with Gasteiger partial charge in [0.25, 0.3) is 0 Å². The van der Waals surface area contributed by atoms with Gasteiger partial charge < -0.3 is 20.2 Å². The van der Waals surface area contributed by atoms with Crippen LogP contribution in [0.25, 0.3) is 0 Å². The van der Waals surface area contributed by atoms with E-state index in [1.54, 1.807) is 4.90 Å². The van der Waals surface area contributed by atoms with Crippen LogP contribution in [0.15, 0.2) is 0 Å². The minimum absolute atomic E-state index is 0.0997. The summed E-state index contributed by atoms with van der Waals surface area (Å²) in [7, 11) is 2.09. The first kappa shape index (κ1) is 15.1. The predicted molar refractivity (Wildman–Crippen MR) is 75.5 cm³/mol. The standard InChI is InChI=1S/C14H25N3O3/c1-10-8-16(2)7-5-12(10)15-14(20)17-6-3-4-11(9-17)13(18)19/h10-12H,3-9H2,1-2H3,(H,15,20)(H,18,19). The molecule has 2 heterocycles. The molecule has 2 aliphatic heterocycles. The molecule has 0 aromatic carbocycles. The molecule has 0 aromatic rings. The molecule has 114 valence electrons. The van der Waals surface area contributed by atoms with Crippen LogP contribution in [-0.4, -0.2) is 66.2 Å². The molecule has 0 spiro atoms. The van der Waals surface area contributed by atoms with E-state index in [2.05, 4.69) is 24.2 Å². The Balaban J connectivity index is 1.86. The third kappa shape index (κ3) is 3.62. The lowest BCUT2D eigenvalue weighted by molar-refractivity contribution is -0.143. The number of carboxylic acids is 1. The summed E-state index contributed by atoms with van der Waals surface area (Å²) in [5.41, 5.74) is 0. The van der Waals surface area contributed by atoms with Crippen LogP contribution in [0.5, 0.6) is 0 Å². The Morgan fingerprint density at radius 2 is 1.95 bits per heavy atom. The van der Waals surface area contributed by atoms with Crippen molar-refractivity contribution in [2.45, 2.75) is 32.2 Å². The minimum atomic E-state index is -0.796. The third-order valence-corrected chi connectivity index (χ3v) is 4.48. The fraction of sp³-hybridized carbons (Fsp3) is 0.857. The zero-order valence-corrected chi connectivity index (χ0v) is 12.3. The maximum atomic E-state index is 12.3. The molecule has 2 fully saturated rings. The third-order valence-electron chi connectivity index (χ3n) is 4.48. The van der Waals surface area contributed by atoms with Crippen LogP contribution >= 0.6 is 0 Å². The van der Waals surface area contributed by atoms with Gasteiger partial charge in [0.1, 0.15) is 0 Å². The number of rotatable bonds is 2. The van der Waals surface area contributed by atoms with Gasteiger partial charge in [-0.1, -0.05) is 6.92 Å². The molecule has 6 nitrogen and oxygen atoms in total. The number of carboxylic acid groups (broad SMARTS) is 1. The maximum absolute atomic E-state index is 12.3. The van der Waals surface area contributed by atoms with Crippen molar-refractivity contribution < 1.29 is 14.7 Å². The summed E-state index contributed by atoms with van der Waals surface area (Å²) in [6.07, 6.45) is 2.40. The van der Waals surface area contributed by atoms with Gasteiger partial charge in [0.15, 0.2) is 0 Å². The van der Waals surface area contributed by atoms with E-state index in [-0.39, 0.29) is 12.1 Å². The lowest BCUT2D eigenvalue weighted by Crippen LogP contribution is -2.54. The number of amides is 2. The highest BCUT2D eigenvalue weighted by Gasteiger charge is 2.31. The van der Waals surface area contributed by atoms with Crippen molar-refractivity contribution in [2.75, 3.05) is 33.2 Å². The Bertz CT molecular complexity index is 375. The number of carbonyl (C=O) groups is 2. The highest BCUT2D eigenvalue weighted by Crippen LogP contribution is 2.19. The van der Waals surface area contributed by atoms with Crippen molar-refractivity contribution in [3.63, 3.8) is 0 Å². The van der Waals surface area contributed by atoms with Crippen LogP contribution in [0.2, 0.25) is 0 Å². The Morgan fingerprint density at radius 3 is 2.60 bits per heavy atom. The van der Waals surface area contributed by atoms with E-state index in [9.17, 15) is 9.59 Å². The number of likely N-dealkylation sites (tertiary alicyclic amines) is 2. The molecule has 20 heavy (non-hydrogen) atoms. The fourth-order valence-corrected chi connectivity index (χ4v) is 3.18. The van der Waals surface area contributed by atoms with Gasteiger partial charge in [0.05, 0.1) is 5.92 Å². The first-order chi connectivity index (χ1) is 9.47. The van der Waals surface area contributed by atoms with Crippen LogP contribution in [0.4, 0.5) is 4.79 Å². The Hall–Kier alpha value is -1.30. The summed E-state index contributed by atoms with van der Waals surface area (Å²) in [4.78, 5) is 27.2. The molecule has 2 rings (SSSR count). The highest BCUT2D eigenvalue weighted by atomic mass is 16.4. The Labute approximate surface area is 120 Å². The van der Waals surface area contributed by atoms with Gasteiger partial charge in [0, 0.05) is 25.7 Å². The average Bonchev–Trinajstić information content (AvgIpc) is 2.42. The molecule has 0 bridgehead atoms. The molecule has 2 aliphatic rings. The highest BCUT2D eigenvalue weighted by molar-refractivity contribution is 5.76. The number of hydrogen-bond donors (Lipinski definition) is 2. The Morgan fingerprint density at radius 1 is 1.20 bits per heavy atom. The van der Waals surface area contributed by atoms with Crippen molar-refractivity contribution in [2.24, 2.45) is 11.8 Å². The molecule has 3 atom stereocenters. The SMILES string of the molecule is CC1CN(C)CCC1NC(=O)N1CCCC(C(=O)O)C1. The summed E-state index contributed by atoms with van der Waals surface area (Å²) < 4.78 is 0. The number of piperidine rings is 2. The number of hydrogen-bond acceptors (Lipinski definition) is 3. The van der Waals surface area contributed by atoms with Crippen LogP contribution in [0.1, 0.15) is 26.2 Å². The fourth-order valence-electron chi connectivity index (χ4n) is 3.18. The van der Waals surface area contributed by atoms with Gasteiger partial charge in [-0.3, -0.25) is 4.79 Å². The van der Waals surface area contributed by atoms with Gasteiger partial charge in [-0.05, 0) is 38.8 Å². The number of aliphatic carboxylic acids is 1. The number of nitrogens with zero attached hydrogens (tertiary/aromatic N) is 2. The van der Waals surface area contributed by atoms with Crippen molar-refractivity contribution in [1.29, 1.82) is 0 Å². The molecule has 2 amide bonds. The molecular formula is C14H25N3O3. The van der Waals surface area contributed by atoms with Gasteiger partial charge >= 0.3 is 12.0 Å². The van der Waals surface area contributed by atoms with E-state index in [0.717, 1.165) is 25.9 Å². The van der Waals surface area contributed by atoms with Crippen LogP contribution in [0.3, 0.4) is 0 Å². The maximum Gasteiger partial charge on any atom is 0.317 e. The molecule has 6 heteroatoms. The number of urea groups is 1. The zero-order chi connectivity index (χ0) is 14.7. The summed E-state index contributed by atoms with van der Waals surface area (Å²) >= 11 is 0. The second kappa shape index (κ2) is 6.43. The van der Waals surface area contributed by atoms with Crippen LogP contribution in [-0.2, 0) is 4.79 Å². The van der Waals surface area contributed by atoms with Crippen molar-refractivity contribution in [3.8, 4) is 0 Å². The number of nitrogens with one attached hydrogen (secondary N) is 1. The van der Waals surface area contributed by atoms with E-state index in [1.807, 2.05) is 0 Å². The van der Waals surface area contributed by atoms with E-state index >= 15 is 0 Å². The molecule has 2 saturated heterocycles. The van der Waals surface area contributed by atoms with Crippen LogP contribution < -0.4 is 5.32 Å². The topological polar surface area (TPSA) is 72.9 Å². The van der Waals surface area contributed by atoms with Gasteiger partial charge in [-0.15, -0.1) is 0 Å². The smallest absolute Gasteiger partial charge is 0.317 e. The average molecular weight is 283 g/mol. The van der Waals surface area contributed by atoms with Gasteiger partial charge in [-0.2, -0.15) is 0 Å². The van der Waals surface area contributed by atoms with E-state index < -0.39 is 11.9 Å². The van der Waals surface area contributed by atoms with E-state index in [1.165, 1.54) is 0 Å².